The van der Waals surface area contributed by atoms with Crippen molar-refractivity contribution in [2.45, 2.75) is 4.90 Å². The van der Waals surface area contributed by atoms with Gasteiger partial charge in [-0.1, -0.05) is 11.6 Å². The predicted octanol–water partition coefficient (Wildman–Crippen LogP) is 1.59. The van der Waals surface area contributed by atoms with Crippen LogP contribution in [0.1, 0.15) is 0 Å². The van der Waals surface area contributed by atoms with Gasteiger partial charge in [0.25, 0.3) is 10.1 Å². The van der Waals surface area contributed by atoms with Crippen molar-refractivity contribution >= 4 is 43.6 Å². The number of halogens is 1. The van der Waals surface area contributed by atoms with Crippen molar-refractivity contribution in [1.29, 1.82) is 0 Å². The van der Waals surface area contributed by atoms with Crippen LogP contribution in [-0.2, 0) is 27.2 Å². The first-order valence-corrected chi connectivity index (χ1v) is 6.59. The molecule has 0 aliphatic rings. The first-order chi connectivity index (χ1) is 7.41. The number of aromatic hydroxyl groups is 1. The van der Waals surface area contributed by atoms with E-state index >= 15 is 0 Å². The fourth-order valence-corrected chi connectivity index (χ4v) is 2.82. The van der Waals surface area contributed by atoms with Gasteiger partial charge in [-0.25, -0.2) is 0 Å². The van der Waals surface area contributed by atoms with E-state index in [0.29, 0.717) is 3.57 Å². The molecule has 17 heavy (non-hydrogen) atoms. The molecule has 2 rings (SSSR count). The predicted molar refractivity (Wildman–Crippen MR) is 64.8 cm³/mol. The van der Waals surface area contributed by atoms with Gasteiger partial charge in [0, 0.05) is 26.2 Å². The van der Waals surface area contributed by atoms with E-state index in [9.17, 15) is 13.5 Å². The fourth-order valence-electron chi connectivity index (χ4n) is 1.33. The van der Waals surface area contributed by atoms with Gasteiger partial charge in [-0.3, -0.25) is 4.55 Å². The van der Waals surface area contributed by atoms with E-state index < -0.39 is 10.1 Å². The van der Waals surface area contributed by atoms with Crippen LogP contribution in [0.25, 0.3) is 10.9 Å². The summed E-state index contributed by atoms with van der Waals surface area (Å²) in [6.07, 6.45) is 2.49. The summed E-state index contributed by atoms with van der Waals surface area (Å²) in [4.78, 5) is 3.49. The molecule has 0 fully saturated rings. The van der Waals surface area contributed by atoms with Crippen LogP contribution in [0, 0.1) is 9.77 Å². The maximum Gasteiger partial charge on any atom is 0.293 e. The van der Waals surface area contributed by atoms with Crippen molar-refractivity contribution in [3.8, 4) is 5.75 Å². The third kappa shape index (κ3) is 2.71. The average molecular weight is 406 g/mol. The second-order valence-electron chi connectivity index (χ2n) is 3.02. The summed E-state index contributed by atoms with van der Waals surface area (Å²) >= 11 is 1.76. The molecule has 2 aromatic rings. The Kier molecular flexibility index (Phi) is 4.37. The molecule has 1 heterocycles. The number of hydrogen-bond donors (Lipinski definition) is 2. The van der Waals surface area contributed by atoms with E-state index in [2.05, 4.69) is 11.2 Å². The minimum absolute atomic E-state index is 0. The summed E-state index contributed by atoms with van der Waals surface area (Å²) in [6, 6.07) is 4.01. The largest absolute Gasteiger partial charge is 0.518 e. The molecule has 1 aromatic heterocycles. The number of phenols is 1. The molecule has 0 aliphatic heterocycles. The molecule has 0 spiro atoms. The Labute approximate surface area is 122 Å². The number of phenolic OH excluding ortho intramolecular Hbond substituents is 1. The smallest absolute Gasteiger partial charge is 0.293 e. The molecule has 0 radical (unpaired) electrons. The second-order valence-corrected chi connectivity index (χ2v) is 5.57. The van der Waals surface area contributed by atoms with E-state index in [0.717, 1.165) is 0 Å². The molecular weight excluding hydrogens is 401 g/mol. The zero-order chi connectivity index (χ0) is 11.9. The number of rotatable bonds is 1. The van der Waals surface area contributed by atoms with Crippen molar-refractivity contribution in [1.82, 2.24) is 4.98 Å². The number of nitrogens with zero attached hydrogens (tertiary/aromatic N) is 1. The summed E-state index contributed by atoms with van der Waals surface area (Å²) in [7, 11) is -4.34. The van der Waals surface area contributed by atoms with Crippen LogP contribution in [0.2, 0.25) is 0 Å². The molecule has 5 nitrogen and oxygen atoms in total. The maximum absolute atomic E-state index is 11.1. The average Bonchev–Trinajstić information content (AvgIpc) is 2.22. The van der Waals surface area contributed by atoms with Crippen LogP contribution in [0.3, 0.4) is 0 Å². The Balaban J connectivity index is 0.00000144. The Hall–Kier alpha value is -0.411. The first-order valence-electron chi connectivity index (χ1n) is 4.07. The quantitative estimate of drug-likeness (QED) is 0.325. The van der Waals surface area contributed by atoms with Crippen molar-refractivity contribution < 1.29 is 35.1 Å². The summed E-state index contributed by atoms with van der Waals surface area (Å²) in [5.41, 5.74) is 0.0991. The van der Waals surface area contributed by atoms with E-state index in [1.807, 2.05) is 0 Å². The molecular formula is C9H5FeINO4S-. The van der Waals surface area contributed by atoms with Gasteiger partial charge < -0.3 is 10.1 Å². The van der Waals surface area contributed by atoms with Gasteiger partial charge >= 0.3 is 0 Å². The minimum Gasteiger partial charge on any atom is -0.518 e. The van der Waals surface area contributed by atoms with E-state index in [4.69, 9.17) is 4.55 Å². The molecule has 0 bridgehead atoms. The summed E-state index contributed by atoms with van der Waals surface area (Å²) in [5, 5.41) is 9.85. The van der Waals surface area contributed by atoms with Gasteiger partial charge in [-0.05, 0) is 28.7 Å². The third-order valence-electron chi connectivity index (χ3n) is 2.01. The third-order valence-corrected chi connectivity index (χ3v) is 3.72. The molecule has 0 saturated heterocycles. The Morgan fingerprint density at radius 1 is 1.41 bits per heavy atom. The van der Waals surface area contributed by atoms with Gasteiger partial charge in [0.1, 0.15) is 0 Å². The fraction of sp³-hybridized carbons (Fsp3) is 0. The molecule has 0 atom stereocenters. The van der Waals surface area contributed by atoms with Gasteiger partial charge in [0.15, 0.2) is 0 Å². The SMILES string of the molecule is O=S(=O)(O)c1cc(I)c(O)c2n[c-]ccc12.[Fe]. The van der Waals surface area contributed by atoms with Crippen LogP contribution in [0.5, 0.6) is 5.75 Å². The van der Waals surface area contributed by atoms with Crippen LogP contribution in [-0.4, -0.2) is 23.1 Å². The van der Waals surface area contributed by atoms with Crippen LogP contribution >= 0.6 is 22.6 Å². The van der Waals surface area contributed by atoms with Gasteiger partial charge in [-0.15, -0.1) is 0 Å². The van der Waals surface area contributed by atoms with Crippen molar-refractivity contribution in [3.05, 3.63) is 28.0 Å². The zero-order valence-corrected chi connectivity index (χ0v) is 12.1. The Morgan fingerprint density at radius 3 is 2.65 bits per heavy atom. The first kappa shape index (κ1) is 14.6. The molecule has 92 valence electrons. The van der Waals surface area contributed by atoms with E-state index in [1.54, 1.807) is 22.6 Å². The molecule has 0 unspecified atom stereocenters. The number of aromatic nitrogens is 1. The molecule has 2 N–H and O–H groups in total. The van der Waals surface area contributed by atoms with Crippen LogP contribution in [0.15, 0.2) is 23.1 Å². The normalized spacial score (nSPS) is 11.2. The number of pyridine rings is 1. The molecule has 1 aromatic carbocycles. The van der Waals surface area contributed by atoms with Crippen LogP contribution in [0.4, 0.5) is 0 Å². The number of hydrogen-bond acceptors (Lipinski definition) is 4. The molecule has 0 saturated carbocycles. The summed E-state index contributed by atoms with van der Waals surface area (Å²) < 4.78 is 31.6. The standard InChI is InChI=1S/C9H5INO4S.Fe/c10-6-4-7(16(13,14)15)5-2-1-3-11-8(5)9(6)12;/h1-2,4,12H,(H,13,14,15);/q-1;. The summed E-state index contributed by atoms with van der Waals surface area (Å²) in [6.45, 7) is 0. The number of benzene rings is 1. The van der Waals surface area contributed by atoms with E-state index in [1.165, 1.54) is 18.2 Å². The van der Waals surface area contributed by atoms with Crippen molar-refractivity contribution in [2.75, 3.05) is 0 Å². The van der Waals surface area contributed by atoms with Crippen molar-refractivity contribution in [2.24, 2.45) is 0 Å². The molecule has 8 heteroatoms. The monoisotopic (exact) mass is 406 g/mol. The second kappa shape index (κ2) is 5.07. The number of fused-ring (bicyclic) bond motifs is 1. The van der Waals surface area contributed by atoms with Crippen molar-refractivity contribution in [3.63, 3.8) is 0 Å². The Morgan fingerprint density at radius 2 is 2.06 bits per heavy atom. The molecule has 0 aliphatic carbocycles. The van der Waals surface area contributed by atoms with Gasteiger partial charge in [-0.2, -0.15) is 20.6 Å². The van der Waals surface area contributed by atoms with E-state index in [-0.39, 0.29) is 38.6 Å². The van der Waals surface area contributed by atoms with Crippen LogP contribution < -0.4 is 0 Å². The zero-order valence-electron chi connectivity index (χ0n) is 8.03. The maximum atomic E-state index is 11.1. The Bertz CT molecular complexity index is 674. The topological polar surface area (TPSA) is 87.5 Å². The summed E-state index contributed by atoms with van der Waals surface area (Å²) in [5.74, 6) is -0.125. The van der Waals surface area contributed by atoms with Gasteiger partial charge in [0.2, 0.25) is 0 Å². The molecule has 0 amide bonds. The minimum atomic E-state index is -4.34. The van der Waals surface area contributed by atoms with Gasteiger partial charge in [0.05, 0.1) is 10.6 Å².